The monoisotopic (exact) mass is 276 g/mol. The highest BCUT2D eigenvalue weighted by molar-refractivity contribution is 7.71. The molecule has 0 atom stereocenters. The van der Waals surface area contributed by atoms with E-state index in [-0.39, 0.29) is 5.82 Å². The molecule has 0 spiro atoms. The van der Waals surface area contributed by atoms with E-state index in [0.717, 1.165) is 18.5 Å². The molecule has 1 heterocycles. The number of nitrogens with one attached hydrogen (secondary N) is 1. The molecule has 0 bridgehead atoms. The molecular formula is C15H17FN2S. The van der Waals surface area contributed by atoms with Gasteiger partial charge in [0.05, 0.1) is 5.52 Å². The highest BCUT2D eigenvalue weighted by Crippen LogP contribution is 2.23. The van der Waals surface area contributed by atoms with Gasteiger partial charge in [-0.05, 0) is 56.5 Å². The van der Waals surface area contributed by atoms with Crippen molar-refractivity contribution < 1.29 is 4.39 Å². The van der Waals surface area contributed by atoms with Crippen molar-refractivity contribution in [1.29, 1.82) is 0 Å². The molecule has 19 heavy (non-hydrogen) atoms. The zero-order chi connectivity index (χ0) is 13.2. The van der Waals surface area contributed by atoms with E-state index in [0.29, 0.717) is 10.3 Å². The zero-order valence-electron chi connectivity index (χ0n) is 10.8. The molecule has 100 valence electrons. The number of rotatable bonds is 3. The van der Waals surface area contributed by atoms with Crippen molar-refractivity contribution >= 4 is 23.3 Å². The van der Waals surface area contributed by atoms with Crippen LogP contribution in [-0.2, 0) is 6.54 Å². The molecule has 1 aliphatic carbocycles. The van der Waals surface area contributed by atoms with Crippen molar-refractivity contribution in [2.45, 2.75) is 38.6 Å². The predicted octanol–water partition coefficient (Wildman–Crippen LogP) is 4.73. The van der Waals surface area contributed by atoms with Crippen LogP contribution in [0.1, 0.15) is 32.1 Å². The summed E-state index contributed by atoms with van der Waals surface area (Å²) in [6.45, 7) is 0.827. The second-order valence-corrected chi connectivity index (χ2v) is 5.46. The van der Waals surface area contributed by atoms with Gasteiger partial charge in [0, 0.05) is 6.54 Å². The molecular weight excluding hydrogens is 259 g/mol. The highest BCUT2D eigenvalue weighted by atomic mass is 32.1. The molecule has 1 aromatic heterocycles. The Hall–Kier alpha value is -1.42. The maximum absolute atomic E-state index is 13.7. The molecule has 0 saturated heterocycles. The van der Waals surface area contributed by atoms with Gasteiger partial charge in [-0.25, -0.2) is 4.39 Å². The van der Waals surface area contributed by atoms with Crippen LogP contribution in [0.25, 0.3) is 11.0 Å². The molecule has 0 radical (unpaired) electrons. The first kappa shape index (κ1) is 12.6. The first-order valence-corrected chi connectivity index (χ1v) is 7.21. The van der Waals surface area contributed by atoms with Gasteiger partial charge in [0.25, 0.3) is 0 Å². The molecule has 4 heteroatoms. The fourth-order valence-electron chi connectivity index (χ4n) is 2.75. The van der Waals surface area contributed by atoms with Crippen molar-refractivity contribution in [1.82, 2.24) is 9.55 Å². The lowest BCUT2D eigenvalue weighted by Gasteiger charge is -2.13. The largest absolute Gasteiger partial charge is 0.328 e. The zero-order valence-corrected chi connectivity index (χ0v) is 11.6. The molecule has 3 rings (SSSR count). The van der Waals surface area contributed by atoms with E-state index in [2.05, 4.69) is 11.1 Å². The van der Waals surface area contributed by atoms with Crippen LogP contribution in [0.15, 0.2) is 29.8 Å². The summed E-state index contributed by atoms with van der Waals surface area (Å²) in [7, 11) is 0. The van der Waals surface area contributed by atoms with Gasteiger partial charge in [0.1, 0.15) is 11.3 Å². The minimum absolute atomic E-state index is 0.237. The van der Waals surface area contributed by atoms with E-state index in [1.807, 2.05) is 10.6 Å². The minimum Gasteiger partial charge on any atom is -0.328 e. The average molecular weight is 276 g/mol. The summed E-state index contributed by atoms with van der Waals surface area (Å²) in [5.74, 6) is -0.237. The Kier molecular flexibility index (Phi) is 3.51. The molecule has 1 aromatic carbocycles. The maximum Gasteiger partial charge on any atom is 0.178 e. The van der Waals surface area contributed by atoms with Crippen LogP contribution in [0.3, 0.4) is 0 Å². The van der Waals surface area contributed by atoms with Crippen molar-refractivity contribution in [3.05, 3.63) is 40.4 Å². The topological polar surface area (TPSA) is 20.7 Å². The van der Waals surface area contributed by atoms with Crippen molar-refractivity contribution in [3.63, 3.8) is 0 Å². The highest BCUT2D eigenvalue weighted by Gasteiger charge is 2.09. The number of halogens is 1. The van der Waals surface area contributed by atoms with Crippen molar-refractivity contribution in [2.24, 2.45) is 0 Å². The van der Waals surface area contributed by atoms with E-state index >= 15 is 0 Å². The Morgan fingerprint density at radius 1 is 1.32 bits per heavy atom. The number of fused-ring (bicyclic) bond motifs is 1. The van der Waals surface area contributed by atoms with Crippen LogP contribution in [0, 0.1) is 10.6 Å². The third kappa shape index (κ3) is 2.50. The predicted molar refractivity (Wildman–Crippen MR) is 78.2 cm³/mol. The van der Waals surface area contributed by atoms with Gasteiger partial charge in [-0.2, -0.15) is 0 Å². The standard InChI is InChI=1S/C15H17FN2S/c16-12-7-4-8-13-14(12)17-15(19)18(13)10-9-11-5-2-1-3-6-11/h4-5,7-8H,1-3,6,9-10H2,(H,17,19). The summed E-state index contributed by atoms with van der Waals surface area (Å²) in [4.78, 5) is 2.97. The molecule has 0 amide bonds. The van der Waals surface area contributed by atoms with Gasteiger partial charge in [-0.3, -0.25) is 0 Å². The Balaban J connectivity index is 1.88. The maximum atomic E-state index is 13.7. The van der Waals surface area contributed by atoms with E-state index in [9.17, 15) is 4.39 Å². The molecule has 0 aliphatic heterocycles. The Labute approximate surface area is 117 Å². The van der Waals surface area contributed by atoms with Crippen LogP contribution in [0.4, 0.5) is 4.39 Å². The van der Waals surface area contributed by atoms with Gasteiger partial charge in [0.2, 0.25) is 0 Å². The van der Waals surface area contributed by atoms with Gasteiger partial charge < -0.3 is 9.55 Å². The van der Waals surface area contributed by atoms with E-state index in [1.165, 1.54) is 37.3 Å². The lowest BCUT2D eigenvalue weighted by Crippen LogP contribution is -2.01. The van der Waals surface area contributed by atoms with Crippen LogP contribution in [-0.4, -0.2) is 9.55 Å². The summed E-state index contributed by atoms with van der Waals surface area (Å²) in [6.07, 6.45) is 8.36. The molecule has 0 unspecified atom stereocenters. The summed E-state index contributed by atoms with van der Waals surface area (Å²) < 4.78 is 16.3. The molecule has 1 N–H and O–H groups in total. The number of para-hydroxylation sites is 1. The third-order valence-corrected chi connectivity index (χ3v) is 4.12. The number of hydrogen-bond acceptors (Lipinski definition) is 1. The average Bonchev–Trinajstić information content (AvgIpc) is 2.75. The van der Waals surface area contributed by atoms with Gasteiger partial charge in [-0.1, -0.05) is 17.7 Å². The Morgan fingerprint density at radius 3 is 3.00 bits per heavy atom. The smallest absolute Gasteiger partial charge is 0.178 e. The first-order valence-electron chi connectivity index (χ1n) is 6.80. The fourth-order valence-corrected chi connectivity index (χ4v) is 3.05. The summed E-state index contributed by atoms with van der Waals surface area (Å²) in [5, 5.41) is 0. The van der Waals surface area contributed by atoms with E-state index in [1.54, 1.807) is 6.07 Å². The lowest BCUT2D eigenvalue weighted by molar-refractivity contribution is 0.629. The normalized spacial score (nSPS) is 15.7. The molecule has 0 fully saturated rings. The number of aryl methyl sites for hydroxylation is 1. The SMILES string of the molecule is Fc1cccc2c1[nH]c(=S)n2CCC1=CCCCC1. The number of benzene rings is 1. The van der Waals surface area contributed by atoms with Gasteiger partial charge >= 0.3 is 0 Å². The van der Waals surface area contributed by atoms with Gasteiger partial charge in [-0.15, -0.1) is 0 Å². The molecule has 0 saturated carbocycles. The van der Waals surface area contributed by atoms with E-state index < -0.39 is 0 Å². The van der Waals surface area contributed by atoms with Crippen LogP contribution in [0.5, 0.6) is 0 Å². The number of aromatic nitrogens is 2. The number of aromatic amines is 1. The third-order valence-electron chi connectivity index (χ3n) is 3.80. The Morgan fingerprint density at radius 2 is 2.21 bits per heavy atom. The van der Waals surface area contributed by atoms with Crippen molar-refractivity contribution in [3.8, 4) is 0 Å². The number of hydrogen-bond donors (Lipinski definition) is 1. The summed E-state index contributed by atoms with van der Waals surface area (Å²) in [5.41, 5.74) is 2.89. The Bertz CT molecular complexity index is 681. The minimum atomic E-state index is -0.237. The quantitative estimate of drug-likeness (QED) is 0.635. The van der Waals surface area contributed by atoms with Crippen LogP contribution in [0.2, 0.25) is 0 Å². The summed E-state index contributed by atoms with van der Waals surface area (Å²) in [6, 6.07) is 5.11. The molecule has 2 nitrogen and oxygen atoms in total. The second-order valence-electron chi connectivity index (χ2n) is 5.07. The van der Waals surface area contributed by atoms with Crippen LogP contribution >= 0.6 is 12.2 Å². The van der Waals surface area contributed by atoms with Crippen LogP contribution < -0.4 is 0 Å². The summed E-state index contributed by atoms with van der Waals surface area (Å²) >= 11 is 5.30. The first-order chi connectivity index (χ1) is 9.25. The van der Waals surface area contributed by atoms with Gasteiger partial charge in [0.15, 0.2) is 4.77 Å². The van der Waals surface area contributed by atoms with E-state index in [4.69, 9.17) is 12.2 Å². The second kappa shape index (κ2) is 5.29. The molecule has 1 aliphatic rings. The number of imidazole rings is 1. The lowest BCUT2D eigenvalue weighted by atomic mass is 9.97. The molecule has 2 aromatic rings. The number of allylic oxidation sites excluding steroid dienone is 2. The van der Waals surface area contributed by atoms with Crippen molar-refractivity contribution in [2.75, 3.05) is 0 Å². The number of nitrogens with zero attached hydrogens (tertiary/aromatic N) is 1. The number of H-pyrrole nitrogens is 1. The fraction of sp³-hybridized carbons (Fsp3) is 0.400.